The second-order valence-electron chi connectivity index (χ2n) is 8.46. The Balaban J connectivity index is 1.45. The Morgan fingerprint density at radius 2 is 1.61 bits per heavy atom. The first-order valence-electron chi connectivity index (χ1n) is 10.5. The molecule has 0 saturated heterocycles. The summed E-state index contributed by atoms with van der Waals surface area (Å²) in [4.78, 5) is 36.5. The van der Waals surface area contributed by atoms with Crippen molar-refractivity contribution < 1.29 is 24.2 Å². The molecule has 0 radical (unpaired) electrons. The van der Waals surface area contributed by atoms with Gasteiger partial charge in [-0.05, 0) is 54.9 Å². The van der Waals surface area contributed by atoms with Crippen molar-refractivity contribution in [2.24, 2.45) is 5.92 Å². The Kier molecular flexibility index (Phi) is 5.43. The van der Waals surface area contributed by atoms with Crippen LogP contribution in [0.4, 0.5) is 4.79 Å². The maximum Gasteiger partial charge on any atom is 0.408 e. The zero-order valence-corrected chi connectivity index (χ0v) is 17.6. The van der Waals surface area contributed by atoms with Gasteiger partial charge in [-0.1, -0.05) is 48.5 Å². The Morgan fingerprint density at radius 3 is 2.13 bits per heavy atom. The lowest BCUT2D eigenvalue weighted by Crippen LogP contribution is -2.60. The van der Waals surface area contributed by atoms with Crippen molar-refractivity contribution in [1.82, 2.24) is 10.6 Å². The molecule has 2 aliphatic rings. The molecule has 2 atom stereocenters. The SMILES string of the molecule is C[C@H](NC(=O)C(C)(NC(=O)OCC1c2ccccc2-c2ccccc21)C1CC1)C(=O)O. The highest BCUT2D eigenvalue weighted by Crippen LogP contribution is 2.44. The van der Waals surface area contributed by atoms with Gasteiger partial charge in [-0.15, -0.1) is 0 Å². The minimum Gasteiger partial charge on any atom is -0.480 e. The van der Waals surface area contributed by atoms with Gasteiger partial charge in [0, 0.05) is 5.92 Å². The predicted octanol–water partition coefficient (Wildman–Crippen LogP) is 3.28. The van der Waals surface area contributed by atoms with E-state index in [2.05, 4.69) is 22.8 Å². The second kappa shape index (κ2) is 8.06. The fourth-order valence-electron chi connectivity index (χ4n) is 4.26. The van der Waals surface area contributed by atoms with E-state index in [-0.39, 0.29) is 18.4 Å². The van der Waals surface area contributed by atoms with Crippen LogP contribution in [0.25, 0.3) is 11.1 Å². The number of amides is 2. The van der Waals surface area contributed by atoms with E-state index in [0.29, 0.717) is 0 Å². The van der Waals surface area contributed by atoms with Crippen molar-refractivity contribution >= 4 is 18.0 Å². The van der Waals surface area contributed by atoms with Crippen LogP contribution in [-0.2, 0) is 14.3 Å². The number of rotatable bonds is 7. The van der Waals surface area contributed by atoms with Gasteiger partial charge < -0.3 is 20.5 Å². The number of fused-ring (bicyclic) bond motifs is 3. The average Bonchev–Trinajstić information content (AvgIpc) is 3.56. The number of alkyl carbamates (subject to hydrolysis) is 1. The normalized spacial score (nSPS) is 17.6. The van der Waals surface area contributed by atoms with E-state index < -0.39 is 29.6 Å². The summed E-state index contributed by atoms with van der Waals surface area (Å²) in [5.74, 6) is -1.77. The van der Waals surface area contributed by atoms with Crippen molar-refractivity contribution in [2.75, 3.05) is 6.61 Å². The van der Waals surface area contributed by atoms with Crippen LogP contribution in [0.3, 0.4) is 0 Å². The molecule has 0 spiro atoms. The monoisotopic (exact) mass is 422 g/mol. The lowest BCUT2D eigenvalue weighted by Gasteiger charge is -2.30. The number of carboxylic acids is 1. The summed E-state index contributed by atoms with van der Waals surface area (Å²) in [5, 5.41) is 14.2. The maximum absolute atomic E-state index is 12.7. The first-order valence-corrected chi connectivity index (χ1v) is 10.5. The summed E-state index contributed by atoms with van der Waals surface area (Å²) in [6.07, 6.45) is 0.888. The van der Waals surface area contributed by atoms with Crippen LogP contribution in [0.1, 0.15) is 43.7 Å². The quantitative estimate of drug-likeness (QED) is 0.635. The van der Waals surface area contributed by atoms with Crippen molar-refractivity contribution in [1.29, 1.82) is 0 Å². The third kappa shape index (κ3) is 4.00. The number of hydrogen-bond acceptors (Lipinski definition) is 4. The van der Waals surface area contributed by atoms with E-state index in [0.717, 1.165) is 35.1 Å². The highest BCUT2D eigenvalue weighted by atomic mass is 16.5. The van der Waals surface area contributed by atoms with Gasteiger partial charge in [0.2, 0.25) is 5.91 Å². The fourth-order valence-corrected chi connectivity index (χ4v) is 4.26. The molecule has 3 N–H and O–H groups in total. The van der Waals surface area contributed by atoms with E-state index in [1.54, 1.807) is 6.92 Å². The lowest BCUT2D eigenvalue weighted by atomic mass is 9.94. The minimum absolute atomic E-state index is 0.0472. The highest BCUT2D eigenvalue weighted by molar-refractivity contribution is 5.93. The van der Waals surface area contributed by atoms with Crippen molar-refractivity contribution in [3.05, 3.63) is 59.7 Å². The largest absolute Gasteiger partial charge is 0.480 e. The van der Waals surface area contributed by atoms with Crippen LogP contribution in [0.2, 0.25) is 0 Å². The van der Waals surface area contributed by atoms with Crippen LogP contribution in [0.5, 0.6) is 0 Å². The molecule has 4 rings (SSSR count). The zero-order chi connectivity index (χ0) is 22.2. The molecular formula is C24H26N2O5. The molecule has 7 nitrogen and oxygen atoms in total. The summed E-state index contributed by atoms with van der Waals surface area (Å²) in [5.41, 5.74) is 3.27. The van der Waals surface area contributed by atoms with E-state index in [1.807, 2.05) is 36.4 Å². The van der Waals surface area contributed by atoms with Gasteiger partial charge in [0.15, 0.2) is 0 Å². The smallest absolute Gasteiger partial charge is 0.408 e. The molecule has 1 unspecified atom stereocenters. The Hall–Kier alpha value is -3.35. The van der Waals surface area contributed by atoms with Crippen molar-refractivity contribution in [3.8, 4) is 11.1 Å². The summed E-state index contributed by atoms with van der Waals surface area (Å²) in [6.45, 7) is 3.16. The summed E-state index contributed by atoms with van der Waals surface area (Å²) in [7, 11) is 0. The minimum atomic E-state index is -1.22. The van der Waals surface area contributed by atoms with Crippen molar-refractivity contribution in [3.63, 3.8) is 0 Å². The number of benzene rings is 2. The summed E-state index contributed by atoms with van der Waals surface area (Å²) < 4.78 is 5.57. The number of ether oxygens (including phenoxy) is 1. The van der Waals surface area contributed by atoms with Crippen LogP contribution in [0.15, 0.2) is 48.5 Å². The third-order valence-electron chi connectivity index (χ3n) is 6.29. The number of carbonyl (C=O) groups excluding carboxylic acids is 2. The maximum atomic E-state index is 12.7. The topological polar surface area (TPSA) is 105 Å². The average molecular weight is 422 g/mol. The third-order valence-corrected chi connectivity index (χ3v) is 6.29. The molecule has 2 aromatic rings. The number of aliphatic carboxylic acids is 1. The number of carboxylic acid groups (broad SMARTS) is 1. The highest BCUT2D eigenvalue weighted by Gasteiger charge is 2.49. The lowest BCUT2D eigenvalue weighted by molar-refractivity contribution is -0.142. The molecule has 31 heavy (non-hydrogen) atoms. The Labute approximate surface area is 180 Å². The first-order chi connectivity index (χ1) is 14.8. The molecule has 2 amide bonds. The number of nitrogens with one attached hydrogen (secondary N) is 2. The zero-order valence-electron chi connectivity index (χ0n) is 17.6. The molecule has 2 aromatic carbocycles. The number of hydrogen-bond donors (Lipinski definition) is 3. The Morgan fingerprint density at radius 1 is 1.06 bits per heavy atom. The predicted molar refractivity (Wildman–Crippen MR) is 115 cm³/mol. The molecule has 162 valence electrons. The van der Waals surface area contributed by atoms with E-state index >= 15 is 0 Å². The molecule has 0 aliphatic heterocycles. The van der Waals surface area contributed by atoms with Gasteiger partial charge in [0.1, 0.15) is 18.2 Å². The van der Waals surface area contributed by atoms with Gasteiger partial charge in [-0.2, -0.15) is 0 Å². The van der Waals surface area contributed by atoms with Crippen LogP contribution in [0, 0.1) is 5.92 Å². The molecular weight excluding hydrogens is 396 g/mol. The molecule has 7 heteroatoms. The molecule has 0 heterocycles. The first kappa shape index (κ1) is 20.9. The number of carbonyl (C=O) groups is 3. The van der Waals surface area contributed by atoms with Crippen LogP contribution >= 0.6 is 0 Å². The summed E-state index contributed by atoms with van der Waals surface area (Å²) >= 11 is 0. The van der Waals surface area contributed by atoms with E-state index in [1.165, 1.54) is 6.92 Å². The molecule has 0 aromatic heterocycles. The van der Waals surface area contributed by atoms with E-state index in [4.69, 9.17) is 9.84 Å². The molecule has 1 fully saturated rings. The molecule has 0 bridgehead atoms. The van der Waals surface area contributed by atoms with Gasteiger partial charge >= 0.3 is 12.1 Å². The fraction of sp³-hybridized carbons (Fsp3) is 0.375. The summed E-state index contributed by atoms with van der Waals surface area (Å²) in [6, 6.07) is 15.1. The molecule has 1 saturated carbocycles. The van der Waals surface area contributed by atoms with E-state index in [9.17, 15) is 14.4 Å². The standard InChI is InChI=1S/C24H26N2O5/c1-14(21(27)28)25-22(29)24(2,15-11-12-15)26-23(30)31-13-20-18-9-5-3-7-16(18)17-8-4-6-10-19(17)20/h3-10,14-15,20H,11-13H2,1-2H3,(H,25,29)(H,26,30)(H,27,28)/t14-,24?/m0/s1. The van der Waals surface area contributed by atoms with Crippen LogP contribution < -0.4 is 10.6 Å². The molecule has 2 aliphatic carbocycles. The Bertz CT molecular complexity index is 987. The van der Waals surface area contributed by atoms with Gasteiger partial charge in [0.05, 0.1) is 0 Å². The van der Waals surface area contributed by atoms with Crippen LogP contribution in [-0.4, -0.2) is 41.3 Å². The second-order valence-corrected chi connectivity index (χ2v) is 8.46. The van der Waals surface area contributed by atoms with Gasteiger partial charge in [-0.25, -0.2) is 4.79 Å². The van der Waals surface area contributed by atoms with Crippen molar-refractivity contribution in [2.45, 2.75) is 44.2 Å². The van der Waals surface area contributed by atoms with Gasteiger partial charge in [0.25, 0.3) is 0 Å². The van der Waals surface area contributed by atoms with Gasteiger partial charge in [-0.3, -0.25) is 9.59 Å².